The molecule has 0 radical (unpaired) electrons. The van der Waals surface area contributed by atoms with Crippen LogP contribution in [0.1, 0.15) is 55.7 Å². The summed E-state index contributed by atoms with van der Waals surface area (Å²) in [5.41, 5.74) is 9.56. The van der Waals surface area contributed by atoms with Gasteiger partial charge in [0.15, 0.2) is 5.78 Å². The summed E-state index contributed by atoms with van der Waals surface area (Å²) >= 11 is 0. The molecule has 1 fully saturated rings. The Bertz CT molecular complexity index is 1110. The molecule has 1 saturated heterocycles. The summed E-state index contributed by atoms with van der Waals surface area (Å²) in [6, 6.07) is 6.17. The van der Waals surface area contributed by atoms with Gasteiger partial charge in [0.2, 0.25) is 6.23 Å². The zero-order valence-electron chi connectivity index (χ0n) is 20.8. The number of quaternary nitrogens is 1. The fourth-order valence-electron chi connectivity index (χ4n) is 4.63. The van der Waals surface area contributed by atoms with Crippen molar-refractivity contribution in [1.82, 2.24) is 0 Å². The Kier molecular flexibility index (Phi) is 9.06. The van der Waals surface area contributed by atoms with Crippen LogP contribution in [0.25, 0.3) is 0 Å². The van der Waals surface area contributed by atoms with Crippen molar-refractivity contribution in [2.75, 3.05) is 7.05 Å². The molecule has 2 amide bonds. The number of hydrogen-bond acceptors (Lipinski definition) is 6. The normalized spacial score (nSPS) is 24.7. The molecule has 3 aliphatic rings. The molecule has 0 saturated carbocycles. The number of allylic oxidation sites excluding steroid dienone is 1. The predicted octanol–water partition coefficient (Wildman–Crippen LogP) is 3.24. The summed E-state index contributed by atoms with van der Waals surface area (Å²) in [7, 11) is 1.79. The van der Waals surface area contributed by atoms with E-state index >= 15 is 0 Å². The van der Waals surface area contributed by atoms with Gasteiger partial charge in [0.1, 0.15) is 17.8 Å². The van der Waals surface area contributed by atoms with Gasteiger partial charge in [0.25, 0.3) is 0 Å². The molecule has 9 heteroatoms. The van der Waals surface area contributed by atoms with E-state index in [1.165, 1.54) is 24.5 Å². The number of amides is 2. The number of benzene rings is 1. The Morgan fingerprint density at radius 2 is 1.94 bits per heavy atom. The topological polar surface area (TPSA) is 136 Å². The molecule has 1 aromatic carbocycles. The van der Waals surface area contributed by atoms with Crippen molar-refractivity contribution in [3.05, 3.63) is 59.3 Å². The maximum Gasteiger partial charge on any atom is 0.451 e. The van der Waals surface area contributed by atoms with Crippen LogP contribution >= 0.6 is 0 Å². The minimum atomic E-state index is -1.10. The number of carboxylic acid groups (broad SMARTS) is 1. The molecule has 3 atom stereocenters. The van der Waals surface area contributed by atoms with Gasteiger partial charge in [-0.15, -0.1) is 4.99 Å². The number of carbonyl (C=O) groups excluding carboxylic acids is 3. The third-order valence-corrected chi connectivity index (χ3v) is 6.65. The fourth-order valence-corrected chi connectivity index (χ4v) is 4.63. The van der Waals surface area contributed by atoms with Crippen LogP contribution in [0.3, 0.4) is 0 Å². The van der Waals surface area contributed by atoms with Crippen LogP contribution < -0.4 is 5.73 Å². The van der Waals surface area contributed by atoms with Gasteiger partial charge in [0.05, 0.1) is 13.2 Å². The highest BCUT2D eigenvalue weighted by Crippen LogP contribution is 2.32. The number of aliphatic imine (C=N–C) groups is 1. The minimum Gasteiger partial charge on any atom is -0.478 e. The lowest BCUT2D eigenvalue weighted by Crippen LogP contribution is -2.53. The zero-order valence-corrected chi connectivity index (χ0v) is 20.8. The van der Waals surface area contributed by atoms with Crippen LogP contribution in [-0.2, 0) is 38.4 Å². The summed E-state index contributed by atoms with van der Waals surface area (Å²) in [5, 5.41) is 7.92. The highest BCUT2D eigenvalue weighted by Gasteiger charge is 2.45. The third kappa shape index (κ3) is 7.29. The van der Waals surface area contributed by atoms with Gasteiger partial charge >= 0.3 is 12.0 Å². The molecule has 1 aromatic rings. The first-order chi connectivity index (χ1) is 17.1. The number of hydrogen-bond donors (Lipinski definition) is 2. The number of Topliss-reactive ketones (excluding diaryl/α,β-unsaturated/α-hetero) is 1. The van der Waals surface area contributed by atoms with Gasteiger partial charge in [-0.2, -0.15) is 4.48 Å². The van der Waals surface area contributed by atoms with Crippen molar-refractivity contribution in [2.45, 2.75) is 70.6 Å². The highest BCUT2D eigenvalue weighted by molar-refractivity contribution is 5.99. The number of nitrogens with zero attached hydrogens (tertiary/aromatic N) is 2. The molecule has 9 nitrogen and oxygen atoms in total. The SMILES string of the molecule is CC(=O)/C=C\C(=O)O.C[N+]1(C2CCC(CCC(=O)Cc3ccc4c(c3)CCC4)O2)C=CC(N)=NC1=O. The lowest BCUT2D eigenvalue weighted by molar-refractivity contribution is -0.830. The number of fused-ring (bicyclic) bond motifs is 1. The summed E-state index contributed by atoms with van der Waals surface area (Å²) in [5.74, 6) is -0.878. The molecule has 3 unspecified atom stereocenters. The van der Waals surface area contributed by atoms with Crippen molar-refractivity contribution in [2.24, 2.45) is 10.7 Å². The number of ether oxygens (including phenoxy) is 1. The number of aryl methyl sites for hydroxylation is 2. The molecule has 0 aromatic heterocycles. The second-order valence-corrected chi connectivity index (χ2v) is 9.57. The molecular weight excluding hydrogens is 462 g/mol. The molecule has 4 rings (SSSR count). The van der Waals surface area contributed by atoms with Crippen LogP contribution in [0.15, 0.2) is 47.6 Å². The maximum atomic E-state index is 12.4. The smallest absolute Gasteiger partial charge is 0.451 e. The van der Waals surface area contributed by atoms with E-state index in [4.69, 9.17) is 15.6 Å². The van der Waals surface area contributed by atoms with E-state index in [0.717, 1.165) is 43.4 Å². The quantitative estimate of drug-likeness (QED) is 0.416. The number of nitrogens with two attached hydrogens (primary N) is 1. The van der Waals surface area contributed by atoms with Crippen molar-refractivity contribution in [1.29, 1.82) is 0 Å². The Balaban J connectivity index is 0.000000392. The third-order valence-electron chi connectivity index (χ3n) is 6.65. The van der Waals surface area contributed by atoms with Gasteiger partial charge in [-0.1, -0.05) is 18.2 Å². The Hall–Kier alpha value is -3.43. The van der Waals surface area contributed by atoms with E-state index in [-0.39, 0.29) is 40.2 Å². The van der Waals surface area contributed by atoms with Crippen molar-refractivity contribution < 1.29 is 33.5 Å². The van der Waals surface area contributed by atoms with Crippen LogP contribution in [-0.4, -0.2) is 58.4 Å². The summed E-state index contributed by atoms with van der Waals surface area (Å²) in [4.78, 5) is 48.3. The molecule has 2 heterocycles. The number of carbonyl (C=O) groups is 4. The van der Waals surface area contributed by atoms with Crippen LogP contribution in [0.5, 0.6) is 0 Å². The molecule has 2 aliphatic heterocycles. The van der Waals surface area contributed by atoms with Crippen LogP contribution in [0.4, 0.5) is 4.79 Å². The fraction of sp³-hybridized carbons (Fsp3) is 0.444. The van der Waals surface area contributed by atoms with Crippen LogP contribution in [0.2, 0.25) is 0 Å². The Morgan fingerprint density at radius 3 is 2.61 bits per heavy atom. The van der Waals surface area contributed by atoms with E-state index in [9.17, 15) is 19.2 Å². The largest absolute Gasteiger partial charge is 0.478 e. The summed E-state index contributed by atoms with van der Waals surface area (Å²) < 4.78 is 6.09. The molecule has 3 N–H and O–H groups in total. The van der Waals surface area contributed by atoms with E-state index in [1.54, 1.807) is 19.3 Å². The van der Waals surface area contributed by atoms with Gasteiger partial charge < -0.3 is 15.6 Å². The number of urea groups is 1. The molecule has 0 bridgehead atoms. The summed E-state index contributed by atoms with van der Waals surface area (Å²) in [6.45, 7) is 1.29. The lowest BCUT2D eigenvalue weighted by atomic mass is 10.00. The van der Waals surface area contributed by atoms with E-state index in [1.807, 2.05) is 0 Å². The molecule has 36 heavy (non-hydrogen) atoms. The first kappa shape index (κ1) is 27.2. The van der Waals surface area contributed by atoms with Crippen molar-refractivity contribution in [3.8, 4) is 0 Å². The van der Waals surface area contributed by atoms with Gasteiger partial charge in [-0.3, -0.25) is 9.59 Å². The van der Waals surface area contributed by atoms with Crippen molar-refractivity contribution >= 4 is 29.4 Å². The molecule has 1 aliphatic carbocycles. The minimum absolute atomic E-state index is 0.00775. The Morgan fingerprint density at radius 1 is 1.19 bits per heavy atom. The number of aliphatic carboxylic acids is 1. The first-order valence-electron chi connectivity index (χ1n) is 12.2. The highest BCUT2D eigenvalue weighted by atomic mass is 16.5. The second kappa shape index (κ2) is 12.0. The molecule has 192 valence electrons. The van der Waals surface area contributed by atoms with Crippen molar-refractivity contribution in [3.63, 3.8) is 0 Å². The van der Waals surface area contributed by atoms with Crippen LogP contribution in [0, 0.1) is 0 Å². The number of carboxylic acids is 1. The van der Waals surface area contributed by atoms with Gasteiger partial charge in [-0.25, -0.2) is 9.59 Å². The predicted molar refractivity (Wildman–Crippen MR) is 134 cm³/mol. The van der Waals surface area contributed by atoms with E-state index in [2.05, 4.69) is 23.2 Å². The number of rotatable bonds is 8. The van der Waals surface area contributed by atoms with Gasteiger partial charge in [-0.05, 0) is 61.8 Å². The molecular formula is C27H34N3O6+. The number of ketones is 2. The maximum absolute atomic E-state index is 12.4. The van der Waals surface area contributed by atoms with E-state index < -0.39 is 5.97 Å². The van der Waals surface area contributed by atoms with E-state index in [0.29, 0.717) is 19.3 Å². The average Bonchev–Trinajstić information content (AvgIpc) is 3.49. The Labute approximate surface area is 210 Å². The zero-order chi connectivity index (χ0) is 26.3. The number of amidine groups is 1. The average molecular weight is 497 g/mol. The first-order valence-corrected chi connectivity index (χ1v) is 12.2. The molecule has 0 spiro atoms. The monoisotopic (exact) mass is 496 g/mol. The second-order valence-electron chi connectivity index (χ2n) is 9.57. The summed E-state index contributed by atoms with van der Waals surface area (Å²) in [6.07, 6.45) is 11.8. The lowest BCUT2D eigenvalue weighted by Gasteiger charge is -2.32. The van der Waals surface area contributed by atoms with Gasteiger partial charge in [0, 0.05) is 31.4 Å². The standard InChI is InChI=1S/C22H27N3O3.C5H6O3/c1-25(12-11-20(23)24-22(25)27)21-10-9-19(28-21)8-7-18(26)14-15-5-6-16-3-2-4-17(16)13-15;1-4(6)2-3-5(7)8/h5-6,11-13,19,21H,2-4,7-10,14H2,1H3,(H-,23,24,27);2-3H,1H3,(H,7,8)/p+1/b;3-2-.